The van der Waals surface area contributed by atoms with Gasteiger partial charge in [-0.3, -0.25) is 0 Å². The summed E-state index contributed by atoms with van der Waals surface area (Å²) in [5.41, 5.74) is 0.589. The molecule has 1 N–H and O–H groups in total. The fraction of sp³-hybridized carbons (Fsp3) is 0.389. The monoisotopic (exact) mass is 378 g/mol. The van der Waals surface area contributed by atoms with Crippen LogP contribution in [0.4, 0.5) is 0 Å². The molecule has 140 valence electrons. The van der Waals surface area contributed by atoms with Gasteiger partial charge in [-0.2, -0.15) is 4.31 Å². The Labute approximate surface area is 152 Å². The molecule has 1 aliphatic heterocycles. The number of furan rings is 1. The average Bonchev–Trinajstić information content (AvgIpc) is 2.90. The van der Waals surface area contributed by atoms with Crippen LogP contribution < -0.4 is 0 Å². The number of hydrogen-bond donors (Lipinski definition) is 1. The van der Waals surface area contributed by atoms with E-state index in [0.717, 1.165) is 5.56 Å². The highest BCUT2D eigenvalue weighted by Crippen LogP contribution is 2.35. The molecule has 1 saturated heterocycles. The van der Waals surface area contributed by atoms with Crippen LogP contribution in [0.15, 0.2) is 39.6 Å². The smallest absolute Gasteiger partial charge is 0.340 e. The molecule has 2 aromatic rings. The maximum absolute atomic E-state index is 13.4. The van der Waals surface area contributed by atoms with E-state index < -0.39 is 22.0 Å². The lowest BCUT2D eigenvalue weighted by atomic mass is 10.1. The van der Waals surface area contributed by atoms with Crippen molar-refractivity contribution in [2.45, 2.75) is 24.8 Å². The number of piperazine rings is 1. The quantitative estimate of drug-likeness (QED) is 0.878. The second kappa shape index (κ2) is 6.86. The first-order valence-corrected chi connectivity index (χ1v) is 9.76. The maximum atomic E-state index is 13.4. The summed E-state index contributed by atoms with van der Waals surface area (Å²) in [6.07, 6.45) is 0. The Hall–Kier alpha value is -2.16. The lowest BCUT2D eigenvalue weighted by Gasteiger charge is -2.39. The van der Waals surface area contributed by atoms with Gasteiger partial charge < -0.3 is 14.4 Å². The number of benzene rings is 1. The van der Waals surface area contributed by atoms with Gasteiger partial charge in [-0.05, 0) is 26.5 Å². The molecule has 3 rings (SSSR count). The third-order valence-corrected chi connectivity index (χ3v) is 6.77. The molecule has 2 heterocycles. The number of nitrogens with zero attached hydrogens (tertiary/aromatic N) is 2. The molecule has 0 radical (unpaired) electrons. The molecule has 1 aromatic heterocycles. The van der Waals surface area contributed by atoms with Gasteiger partial charge in [0, 0.05) is 19.6 Å². The summed E-state index contributed by atoms with van der Waals surface area (Å²) in [7, 11) is -2.10. The van der Waals surface area contributed by atoms with E-state index in [4.69, 9.17) is 4.42 Å². The van der Waals surface area contributed by atoms with Gasteiger partial charge in [0.1, 0.15) is 22.0 Å². The third-order valence-electron chi connectivity index (χ3n) is 4.70. The summed E-state index contributed by atoms with van der Waals surface area (Å²) in [4.78, 5) is 13.5. The van der Waals surface area contributed by atoms with Crippen LogP contribution in [0.2, 0.25) is 0 Å². The Kier molecular flexibility index (Phi) is 4.92. The summed E-state index contributed by atoms with van der Waals surface area (Å²) in [6, 6.07) is 8.99. The summed E-state index contributed by atoms with van der Waals surface area (Å²) in [5, 5.41) is 9.50. The number of aromatic carboxylic acids is 1. The van der Waals surface area contributed by atoms with Crippen LogP contribution in [-0.4, -0.2) is 55.4 Å². The summed E-state index contributed by atoms with van der Waals surface area (Å²) >= 11 is 0. The topological polar surface area (TPSA) is 91.1 Å². The van der Waals surface area contributed by atoms with Crippen molar-refractivity contribution < 1.29 is 22.7 Å². The summed E-state index contributed by atoms with van der Waals surface area (Å²) in [6.45, 7) is 4.33. The minimum atomic E-state index is -4.04. The molecule has 0 spiro atoms. The van der Waals surface area contributed by atoms with Crippen molar-refractivity contribution in [3.63, 3.8) is 0 Å². The Balaban J connectivity index is 2.12. The molecule has 1 atom stereocenters. The Morgan fingerprint density at radius 1 is 1.15 bits per heavy atom. The molecule has 1 aliphatic rings. The molecule has 0 amide bonds. The molecular formula is C18H22N2O5S. The minimum absolute atomic E-state index is 0.0963. The first kappa shape index (κ1) is 18.6. The number of aryl methyl sites for hydroxylation is 2. The van der Waals surface area contributed by atoms with Crippen LogP contribution in [0.5, 0.6) is 0 Å². The van der Waals surface area contributed by atoms with E-state index in [0.29, 0.717) is 13.1 Å². The highest BCUT2D eigenvalue weighted by atomic mass is 32.2. The lowest BCUT2D eigenvalue weighted by Crippen LogP contribution is -2.49. The van der Waals surface area contributed by atoms with Gasteiger partial charge in [-0.15, -0.1) is 0 Å². The summed E-state index contributed by atoms with van der Waals surface area (Å²) < 4.78 is 33.6. The zero-order valence-electron chi connectivity index (χ0n) is 15.0. The van der Waals surface area contributed by atoms with Crippen molar-refractivity contribution >= 4 is 16.0 Å². The fourth-order valence-corrected chi connectivity index (χ4v) is 5.45. The van der Waals surface area contributed by atoms with Crippen molar-refractivity contribution in [2.24, 2.45) is 0 Å². The standard InChI is InChI=1S/C18H22N2O5S/c1-12-16(18(21)22)17(13(2)25-12)26(23,24)20-10-9-19(3)11-15(20)14-7-5-4-6-8-14/h4-8,15H,9-11H2,1-3H3,(H,21,22). The lowest BCUT2D eigenvalue weighted by molar-refractivity contribution is 0.0690. The van der Waals surface area contributed by atoms with E-state index >= 15 is 0 Å². The predicted molar refractivity (Wildman–Crippen MR) is 95.7 cm³/mol. The van der Waals surface area contributed by atoms with Gasteiger partial charge >= 0.3 is 5.97 Å². The van der Waals surface area contributed by atoms with Gasteiger partial charge in [-0.1, -0.05) is 30.3 Å². The third kappa shape index (κ3) is 3.15. The van der Waals surface area contributed by atoms with Crippen molar-refractivity contribution in [3.8, 4) is 0 Å². The van der Waals surface area contributed by atoms with E-state index in [1.807, 2.05) is 37.4 Å². The molecule has 26 heavy (non-hydrogen) atoms. The Morgan fingerprint density at radius 2 is 1.81 bits per heavy atom. The largest absolute Gasteiger partial charge is 0.478 e. The van der Waals surface area contributed by atoms with Crippen LogP contribution in [-0.2, 0) is 10.0 Å². The molecule has 1 aromatic carbocycles. The van der Waals surface area contributed by atoms with Gasteiger partial charge in [0.25, 0.3) is 0 Å². The van der Waals surface area contributed by atoms with Gasteiger partial charge in [0.2, 0.25) is 10.0 Å². The molecule has 7 nitrogen and oxygen atoms in total. The SMILES string of the molecule is Cc1oc(C)c(S(=O)(=O)N2CCN(C)CC2c2ccccc2)c1C(=O)O. The molecule has 1 fully saturated rings. The summed E-state index contributed by atoms with van der Waals surface area (Å²) in [5.74, 6) is -1.10. The van der Waals surface area contributed by atoms with Gasteiger partial charge in [0.05, 0.1) is 6.04 Å². The molecule has 1 unspecified atom stereocenters. The second-order valence-corrected chi connectivity index (χ2v) is 8.36. The molecular weight excluding hydrogens is 356 g/mol. The van der Waals surface area contributed by atoms with E-state index in [9.17, 15) is 18.3 Å². The molecule has 0 bridgehead atoms. The first-order chi connectivity index (χ1) is 12.2. The van der Waals surface area contributed by atoms with E-state index in [1.165, 1.54) is 18.2 Å². The van der Waals surface area contributed by atoms with Crippen molar-refractivity contribution in [2.75, 3.05) is 26.7 Å². The van der Waals surface area contributed by atoms with Crippen molar-refractivity contribution in [1.82, 2.24) is 9.21 Å². The Bertz CT molecular complexity index is 921. The number of hydrogen-bond acceptors (Lipinski definition) is 5. The molecule has 0 aliphatic carbocycles. The first-order valence-electron chi connectivity index (χ1n) is 8.32. The van der Waals surface area contributed by atoms with Crippen molar-refractivity contribution in [1.29, 1.82) is 0 Å². The van der Waals surface area contributed by atoms with Gasteiger partial charge in [0.15, 0.2) is 0 Å². The minimum Gasteiger partial charge on any atom is -0.478 e. The molecule has 8 heteroatoms. The predicted octanol–water partition coefficient (Wildman–Crippen LogP) is 2.27. The van der Waals surface area contributed by atoms with E-state index in [1.54, 1.807) is 0 Å². The van der Waals surface area contributed by atoms with Crippen LogP contribution in [0, 0.1) is 13.8 Å². The number of sulfonamides is 1. The van der Waals surface area contributed by atoms with Crippen LogP contribution in [0.3, 0.4) is 0 Å². The normalized spacial score (nSPS) is 19.6. The fourth-order valence-electron chi connectivity index (χ4n) is 3.48. The zero-order chi connectivity index (χ0) is 19.1. The number of rotatable bonds is 4. The number of carboxylic acids is 1. The average molecular weight is 378 g/mol. The van der Waals surface area contributed by atoms with E-state index in [-0.39, 0.29) is 28.5 Å². The highest BCUT2D eigenvalue weighted by molar-refractivity contribution is 7.89. The van der Waals surface area contributed by atoms with E-state index in [2.05, 4.69) is 4.90 Å². The van der Waals surface area contributed by atoms with Crippen LogP contribution in [0.1, 0.15) is 33.5 Å². The number of likely N-dealkylation sites (N-methyl/N-ethyl adjacent to an activating group) is 1. The maximum Gasteiger partial charge on any atom is 0.340 e. The van der Waals surface area contributed by atoms with Crippen LogP contribution >= 0.6 is 0 Å². The zero-order valence-corrected chi connectivity index (χ0v) is 15.8. The number of carbonyl (C=O) groups is 1. The van der Waals surface area contributed by atoms with Gasteiger partial charge in [-0.25, -0.2) is 13.2 Å². The Morgan fingerprint density at radius 3 is 2.42 bits per heavy atom. The second-order valence-electron chi connectivity index (χ2n) is 6.53. The van der Waals surface area contributed by atoms with Crippen molar-refractivity contribution in [3.05, 3.63) is 53.0 Å². The number of carboxylic acid groups (broad SMARTS) is 1. The highest BCUT2D eigenvalue weighted by Gasteiger charge is 2.41. The van der Waals surface area contributed by atoms with Crippen LogP contribution in [0.25, 0.3) is 0 Å². The molecule has 0 saturated carbocycles.